The van der Waals surface area contributed by atoms with E-state index in [-0.39, 0.29) is 24.3 Å². The normalized spacial score (nSPS) is 12.7. The summed E-state index contributed by atoms with van der Waals surface area (Å²) in [7, 11) is 0. The van der Waals surface area contributed by atoms with Crippen molar-refractivity contribution in [1.82, 2.24) is 5.32 Å². The Labute approximate surface area is 232 Å². The van der Waals surface area contributed by atoms with Crippen LogP contribution in [0.25, 0.3) is 0 Å². The molecule has 1 aromatic carbocycles. The van der Waals surface area contributed by atoms with Crippen molar-refractivity contribution >= 4 is 40.5 Å². The molecule has 2 amide bonds. The van der Waals surface area contributed by atoms with Gasteiger partial charge in [0.1, 0.15) is 11.6 Å². The van der Waals surface area contributed by atoms with E-state index in [1.54, 1.807) is 32.9 Å². The summed E-state index contributed by atoms with van der Waals surface area (Å²) in [5.41, 5.74) is 0.973. The highest BCUT2D eigenvalue weighted by atomic mass is 32.1. The summed E-state index contributed by atoms with van der Waals surface area (Å²) in [6, 6.07) is 8.44. The maximum atomic E-state index is 13.3. The first-order valence-corrected chi connectivity index (χ1v) is 14.3. The summed E-state index contributed by atoms with van der Waals surface area (Å²) in [6.07, 6.45) is 0.704. The number of hydrogen-bond acceptors (Lipinski definition) is 6. The molecule has 2 rings (SSSR count). The standard InChI is InChI=1S/C30H45N3O4S/c1-18(2)15-25(29(36)37-30(7,8)9)33-28(35)21-12-13-23(32-27(19(3)4)20(5)6)24(16-21)31-26(34)17-22-11-10-14-38-22/h10-14,16,18-20,25,27,32H,15,17H2,1-9H3,(H,31,34)(H,33,35)/t25-/m0/s1. The van der Waals surface area contributed by atoms with Crippen LogP contribution in [0.15, 0.2) is 35.7 Å². The molecule has 0 bridgehead atoms. The smallest absolute Gasteiger partial charge is 0.329 e. The third kappa shape index (κ3) is 10.1. The van der Waals surface area contributed by atoms with Crippen LogP contribution >= 0.6 is 11.3 Å². The second-order valence-corrected chi connectivity index (χ2v) is 12.9. The van der Waals surface area contributed by atoms with Crippen LogP contribution in [0.5, 0.6) is 0 Å². The third-order valence-corrected chi connectivity index (χ3v) is 6.81. The van der Waals surface area contributed by atoms with Crippen LogP contribution in [-0.4, -0.2) is 35.5 Å². The molecule has 8 heteroatoms. The highest BCUT2D eigenvalue weighted by molar-refractivity contribution is 7.10. The molecule has 38 heavy (non-hydrogen) atoms. The number of carbonyl (C=O) groups is 3. The quantitative estimate of drug-likeness (QED) is 0.265. The van der Waals surface area contributed by atoms with Gasteiger partial charge >= 0.3 is 5.97 Å². The van der Waals surface area contributed by atoms with Gasteiger partial charge < -0.3 is 20.7 Å². The van der Waals surface area contributed by atoms with Gasteiger partial charge in [0.2, 0.25) is 5.91 Å². The lowest BCUT2D eigenvalue weighted by Gasteiger charge is -2.28. The molecular formula is C30H45N3O4S. The summed E-state index contributed by atoms with van der Waals surface area (Å²) in [6.45, 7) is 18.0. The second-order valence-electron chi connectivity index (χ2n) is 11.9. The number of nitrogens with one attached hydrogen (secondary N) is 3. The molecule has 0 unspecified atom stereocenters. The Morgan fingerprint density at radius 2 is 1.61 bits per heavy atom. The molecule has 0 aliphatic heterocycles. The number of anilines is 2. The highest BCUT2D eigenvalue weighted by Gasteiger charge is 2.28. The highest BCUT2D eigenvalue weighted by Crippen LogP contribution is 2.28. The number of ether oxygens (including phenoxy) is 1. The van der Waals surface area contributed by atoms with Gasteiger partial charge in [-0.15, -0.1) is 11.3 Å². The fraction of sp³-hybridized carbons (Fsp3) is 0.567. The van der Waals surface area contributed by atoms with Crippen LogP contribution in [0, 0.1) is 17.8 Å². The third-order valence-electron chi connectivity index (χ3n) is 5.93. The number of esters is 1. The van der Waals surface area contributed by atoms with Crippen LogP contribution in [0.1, 0.15) is 84.0 Å². The van der Waals surface area contributed by atoms with Gasteiger partial charge in [0.15, 0.2) is 0 Å². The van der Waals surface area contributed by atoms with Crippen molar-refractivity contribution in [3.63, 3.8) is 0 Å². The van der Waals surface area contributed by atoms with Crippen molar-refractivity contribution in [1.29, 1.82) is 0 Å². The number of amides is 2. The van der Waals surface area contributed by atoms with Crippen LogP contribution in [0.3, 0.4) is 0 Å². The molecule has 7 nitrogen and oxygen atoms in total. The minimum absolute atomic E-state index is 0.162. The van der Waals surface area contributed by atoms with E-state index in [9.17, 15) is 14.4 Å². The number of thiophene rings is 1. The van der Waals surface area contributed by atoms with Crippen molar-refractivity contribution in [2.45, 2.75) is 92.8 Å². The first-order valence-electron chi connectivity index (χ1n) is 13.4. The van der Waals surface area contributed by atoms with Gasteiger partial charge in [0.25, 0.3) is 5.91 Å². The molecule has 0 spiro atoms. The van der Waals surface area contributed by atoms with Gasteiger partial charge in [0, 0.05) is 16.5 Å². The zero-order valence-electron chi connectivity index (χ0n) is 24.3. The fourth-order valence-corrected chi connectivity index (χ4v) is 4.97. The summed E-state index contributed by atoms with van der Waals surface area (Å²) in [5, 5.41) is 11.4. The van der Waals surface area contributed by atoms with Crippen LogP contribution in [0.4, 0.5) is 11.4 Å². The Balaban J connectivity index is 2.34. The molecule has 1 aromatic heterocycles. The van der Waals surface area contributed by atoms with E-state index in [1.807, 2.05) is 37.4 Å². The number of hydrogen-bond donors (Lipinski definition) is 3. The van der Waals surface area contributed by atoms with E-state index in [2.05, 4.69) is 43.6 Å². The minimum atomic E-state index is -0.775. The Bertz CT molecular complexity index is 1060. The first kappa shape index (κ1) is 31.3. The number of carbonyl (C=O) groups excluding carboxylic acids is 3. The van der Waals surface area contributed by atoms with Gasteiger partial charge in [-0.3, -0.25) is 9.59 Å². The molecule has 3 N–H and O–H groups in total. The average molecular weight is 544 g/mol. The summed E-state index contributed by atoms with van der Waals surface area (Å²) in [5.74, 6) is -0.123. The second kappa shape index (κ2) is 13.8. The average Bonchev–Trinajstić information content (AvgIpc) is 3.28. The fourth-order valence-electron chi connectivity index (χ4n) is 4.26. The lowest BCUT2D eigenvalue weighted by Crippen LogP contribution is -2.45. The van der Waals surface area contributed by atoms with E-state index >= 15 is 0 Å². The Kier molecular flexibility index (Phi) is 11.4. The van der Waals surface area contributed by atoms with E-state index in [0.717, 1.165) is 10.6 Å². The molecule has 2 aromatic rings. The van der Waals surface area contributed by atoms with Crippen LogP contribution < -0.4 is 16.0 Å². The van der Waals surface area contributed by atoms with E-state index in [0.29, 0.717) is 29.5 Å². The Hall–Kier alpha value is -2.87. The monoisotopic (exact) mass is 543 g/mol. The lowest BCUT2D eigenvalue weighted by molar-refractivity contribution is -0.157. The van der Waals surface area contributed by atoms with Crippen molar-refractivity contribution in [3.8, 4) is 0 Å². The zero-order valence-corrected chi connectivity index (χ0v) is 25.1. The van der Waals surface area contributed by atoms with Gasteiger partial charge in [-0.05, 0) is 74.6 Å². The zero-order chi connectivity index (χ0) is 28.6. The lowest BCUT2D eigenvalue weighted by atomic mass is 9.93. The Morgan fingerprint density at radius 1 is 0.947 bits per heavy atom. The van der Waals surface area contributed by atoms with E-state index in [4.69, 9.17) is 4.74 Å². The molecule has 0 saturated heterocycles. The molecule has 0 saturated carbocycles. The predicted octanol–water partition coefficient (Wildman–Crippen LogP) is 6.51. The maximum absolute atomic E-state index is 13.3. The maximum Gasteiger partial charge on any atom is 0.329 e. The van der Waals surface area contributed by atoms with Gasteiger partial charge in [-0.1, -0.05) is 47.6 Å². The van der Waals surface area contributed by atoms with E-state index in [1.165, 1.54) is 11.3 Å². The molecule has 1 atom stereocenters. The molecule has 1 heterocycles. The Morgan fingerprint density at radius 3 is 2.13 bits per heavy atom. The molecule has 0 aliphatic carbocycles. The number of rotatable bonds is 12. The summed E-state index contributed by atoms with van der Waals surface area (Å²) >= 11 is 1.53. The largest absolute Gasteiger partial charge is 0.458 e. The van der Waals surface area contributed by atoms with Gasteiger partial charge in [-0.2, -0.15) is 0 Å². The molecule has 210 valence electrons. The topological polar surface area (TPSA) is 96.5 Å². The SMILES string of the molecule is CC(C)C[C@H](NC(=O)c1ccc(NC(C(C)C)C(C)C)c(NC(=O)Cc2cccs2)c1)C(=O)OC(C)(C)C. The molecule has 0 fully saturated rings. The van der Waals surface area contributed by atoms with Crippen molar-refractivity contribution < 1.29 is 19.1 Å². The first-order chi connectivity index (χ1) is 17.7. The van der Waals surface area contributed by atoms with Crippen molar-refractivity contribution in [3.05, 3.63) is 46.2 Å². The van der Waals surface area contributed by atoms with Crippen molar-refractivity contribution in [2.24, 2.45) is 17.8 Å². The number of benzene rings is 1. The molecular weight excluding hydrogens is 498 g/mol. The molecule has 0 aliphatic rings. The van der Waals surface area contributed by atoms with Crippen molar-refractivity contribution in [2.75, 3.05) is 10.6 Å². The predicted molar refractivity (Wildman–Crippen MR) is 157 cm³/mol. The van der Waals surface area contributed by atoms with Gasteiger partial charge in [-0.25, -0.2) is 4.79 Å². The van der Waals surface area contributed by atoms with Crippen LogP contribution in [-0.2, 0) is 20.7 Å². The summed E-state index contributed by atoms with van der Waals surface area (Å²) < 4.78 is 5.55. The summed E-state index contributed by atoms with van der Waals surface area (Å²) in [4.78, 5) is 40.0. The van der Waals surface area contributed by atoms with Gasteiger partial charge in [0.05, 0.1) is 17.8 Å². The minimum Gasteiger partial charge on any atom is -0.458 e. The van der Waals surface area contributed by atoms with E-state index < -0.39 is 23.5 Å². The molecule has 0 radical (unpaired) electrons. The van der Waals surface area contributed by atoms with Crippen LogP contribution in [0.2, 0.25) is 0 Å².